The number of carbonyl (C=O) groups is 3. The zero-order chi connectivity index (χ0) is 19.6. The first-order valence-electron chi connectivity index (χ1n) is 8.12. The number of esters is 1. The van der Waals surface area contributed by atoms with Gasteiger partial charge in [-0.15, -0.1) is 0 Å². The van der Waals surface area contributed by atoms with Crippen LogP contribution in [-0.4, -0.2) is 24.9 Å². The summed E-state index contributed by atoms with van der Waals surface area (Å²) in [5.74, 6) is -2.13. The van der Waals surface area contributed by atoms with Gasteiger partial charge in [0.15, 0.2) is 0 Å². The Hall–Kier alpha value is -2.93. The molecule has 1 fully saturated rings. The molecule has 0 heterocycles. The highest BCUT2D eigenvalue weighted by Crippen LogP contribution is 2.47. The Morgan fingerprint density at radius 1 is 1.07 bits per heavy atom. The number of amides is 2. The molecule has 0 aromatic heterocycles. The molecule has 0 saturated heterocycles. The molecule has 1 aliphatic carbocycles. The second kappa shape index (κ2) is 7.36. The molecule has 27 heavy (non-hydrogen) atoms. The first-order chi connectivity index (χ1) is 12.9. The summed E-state index contributed by atoms with van der Waals surface area (Å²) in [6, 6.07) is 9.72. The lowest BCUT2D eigenvalue weighted by Crippen LogP contribution is -2.35. The molecule has 3 rings (SSSR count). The van der Waals surface area contributed by atoms with Gasteiger partial charge in [-0.1, -0.05) is 17.7 Å². The second-order valence-electron chi connectivity index (χ2n) is 6.19. The van der Waals surface area contributed by atoms with Gasteiger partial charge in [0.1, 0.15) is 11.2 Å². The quantitative estimate of drug-likeness (QED) is 0.603. The molecule has 2 amide bonds. The van der Waals surface area contributed by atoms with Crippen molar-refractivity contribution >= 4 is 40.8 Å². The van der Waals surface area contributed by atoms with Crippen LogP contribution < -0.4 is 10.6 Å². The van der Waals surface area contributed by atoms with E-state index in [0.717, 1.165) is 0 Å². The van der Waals surface area contributed by atoms with Crippen LogP contribution in [0.3, 0.4) is 0 Å². The van der Waals surface area contributed by atoms with E-state index in [4.69, 9.17) is 11.6 Å². The minimum atomic E-state index is -1.25. The number of methoxy groups -OCH3 is 1. The van der Waals surface area contributed by atoms with Crippen molar-refractivity contribution in [2.75, 3.05) is 17.7 Å². The highest BCUT2D eigenvalue weighted by Gasteiger charge is 2.56. The summed E-state index contributed by atoms with van der Waals surface area (Å²) in [6.07, 6.45) is 0.711. The molecular formula is C19H16ClFN2O4. The monoisotopic (exact) mass is 390 g/mol. The molecule has 2 aromatic carbocycles. The Morgan fingerprint density at radius 2 is 1.78 bits per heavy atom. The summed E-state index contributed by atoms with van der Waals surface area (Å²) >= 11 is 6.08. The summed E-state index contributed by atoms with van der Waals surface area (Å²) < 4.78 is 17.9. The van der Waals surface area contributed by atoms with Crippen molar-refractivity contribution < 1.29 is 23.5 Å². The third kappa shape index (κ3) is 3.93. The van der Waals surface area contributed by atoms with Crippen LogP contribution in [0, 0.1) is 11.2 Å². The Labute approximate surface area is 159 Å². The van der Waals surface area contributed by atoms with E-state index in [2.05, 4.69) is 15.4 Å². The van der Waals surface area contributed by atoms with Crippen molar-refractivity contribution in [3.8, 4) is 0 Å². The molecule has 0 unspecified atom stereocenters. The highest BCUT2D eigenvalue weighted by molar-refractivity contribution is 6.34. The third-order valence-corrected chi connectivity index (χ3v) is 4.67. The summed E-state index contributed by atoms with van der Waals surface area (Å²) in [5, 5.41) is 5.38. The average Bonchev–Trinajstić information content (AvgIpc) is 3.45. The lowest BCUT2D eigenvalue weighted by molar-refractivity contribution is -0.131. The molecule has 0 spiro atoms. The Morgan fingerprint density at radius 3 is 2.41 bits per heavy atom. The fourth-order valence-electron chi connectivity index (χ4n) is 2.61. The first-order valence-corrected chi connectivity index (χ1v) is 8.50. The maximum absolute atomic E-state index is 13.3. The number of anilines is 2. The molecule has 1 saturated carbocycles. The van der Waals surface area contributed by atoms with E-state index in [1.807, 2.05) is 0 Å². The van der Waals surface area contributed by atoms with Crippen molar-refractivity contribution in [3.63, 3.8) is 0 Å². The van der Waals surface area contributed by atoms with Gasteiger partial charge < -0.3 is 15.4 Å². The molecular weight excluding hydrogens is 375 g/mol. The van der Waals surface area contributed by atoms with E-state index in [1.165, 1.54) is 49.6 Å². The number of ether oxygens (including phenoxy) is 1. The SMILES string of the molecule is COC(=O)c1ccc(Cl)c(NC(=O)C2(C(=O)Nc3cccc(F)c3)CC2)c1. The number of carbonyl (C=O) groups excluding carboxylic acids is 3. The summed E-state index contributed by atoms with van der Waals surface area (Å²) in [5.41, 5.74) is -0.567. The normalized spacial score (nSPS) is 14.2. The standard InChI is InChI=1S/C19H16ClFN2O4/c1-27-16(24)11-5-6-14(20)15(9-11)23-18(26)19(7-8-19)17(25)22-13-4-2-3-12(21)10-13/h2-6,9-10H,7-8H2,1H3,(H,22,25)(H,23,26). The minimum Gasteiger partial charge on any atom is -0.465 e. The van der Waals surface area contributed by atoms with Gasteiger partial charge in [0.25, 0.3) is 0 Å². The van der Waals surface area contributed by atoms with Crippen molar-refractivity contribution in [3.05, 3.63) is 58.9 Å². The summed E-state index contributed by atoms with van der Waals surface area (Å²) in [4.78, 5) is 36.9. The van der Waals surface area contributed by atoms with Crippen LogP contribution >= 0.6 is 11.6 Å². The Balaban J connectivity index is 1.75. The van der Waals surface area contributed by atoms with Crippen molar-refractivity contribution in [2.45, 2.75) is 12.8 Å². The van der Waals surface area contributed by atoms with Gasteiger partial charge in [0, 0.05) is 5.69 Å². The van der Waals surface area contributed by atoms with Crippen LogP contribution in [0.4, 0.5) is 15.8 Å². The van der Waals surface area contributed by atoms with Crippen LogP contribution in [0.2, 0.25) is 5.02 Å². The second-order valence-corrected chi connectivity index (χ2v) is 6.59. The number of halogens is 2. The van der Waals surface area contributed by atoms with Crippen molar-refractivity contribution in [1.82, 2.24) is 0 Å². The van der Waals surface area contributed by atoms with Crippen molar-refractivity contribution in [1.29, 1.82) is 0 Å². The van der Waals surface area contributed by atoms with Crippen LogP contribution in [0.15, 0.2) is 42.5 Å². The molecule has 6 nitrogen and oxygen atoms in total. The lowest BCUT2D eigenvalue weighted by Gasteiger charge is -2.16. The number of rotatable bonds is 5. The van der Waals surface area contributed by atoms with E-state index in [-0.39, 0.29) is 22.0 Å². The molecule has 8 heteroatoms. The topological polar surface area (TPSA) is 84.5 Å². The number of benzene rings is 2. The minimum absolute atomic E-state index is 0.203. The van der Waals surface area contributed by atoms with Gasteiger partial charge in [-0.2, -0.15) is 0 Å². The fourth-order valence-corrected chi connectivity index (χ4v) is 2.77. The van der Waals surface area contributed by atoms with Crippen LogP contribution in [0.1, 0.15) is 23.2 Å². The number of nitrogens with one attached hydrogen (secondary N) is 2. The smallest absolute Gasteiger partial charge is 0.337 e. The van der Waals surface area contributed by atoms with Gasteiger partial charge in [0.2, 0.25) is 11.8 Å². The number of hydrogen-bond donors (Lipinski definition) is 2. The maximum atomic E-state index is 13.3. The maximum Gasteiger partial charge on any atom is 0.337 e. The molecule has 140 valence electrons. The van der Waals surface area contributed by atoms with Gasteiger partial charge in [-0.25, -0.2) is 9.18 Å². The number of hydrogen-bond acceptors (Lipinski definition) is 4. The van der Waals surface area contributed by atoms with E-state index in [0.29, 0.717) is 12.8 Å². The lowest BCUT2D eigenvalue weighted by atomic mass is 10.0. The van der Waals surface area contributed by atoms with Crippen molar-refractivity contribution in [2.24, 2.45) is 5.41 Å². The highest BCUT2D eigenvalue weighted by atomic mass is 35.5. The molecule has 1 aliphatic rings. The van der Waals surface area contributed by atoms with Crippen LogP contribution in [-0.2, 0) is 14.3 Å². The van der Waals surface area contributed by atoms with Gasteiger partial charge >= 0.3 is 5.97 Å². The summed E-state index contributed by atoms with van der Waals surface area (Å²) in [6.45, 7) is 0. The van der Waals surface area contributed by atoms with Gasteiger partial charge in [0.05, 0.1) is 23.4 Å². The van der Waals surface area contributed by atoms with E-state index < -0.39 is 29.0 Å². The zero-order valence-electron chi connectivity index (χ0n) is 14.3. The van der Waals surface area contributed by atoms with Gasteiger partial charge in [-0.05, 0) is 49.2 Å². The van der Waals surface area contributed by atoms with Crippen LogP contribution in [0.25, 0.3) is 0 Å². The van der Waals surface area contributed by atoms with Crippen LogP contribution in [0.5, 0.6) is 0 Å². The average molecular weight is 391 g/mol. The molecule has 0 atom stereocenters. The first kappa shape index (κ1) is 18.8. The van der Waals surface area contributed by atoms with Gasteiger partial charge in [-0.3, -0.25) is 9.59 Å². The molecule has 0 radical (unpaired) electrons. The largest absolute Gasteiger partial charge is 0.465 e. The van der Waals surface area contributed by atoms with E-state index >= 15 is 0 Å². The summed E-state index contributed by atoms with van der Waals surface area (Å²) in [7, 11) is 1.24. The van der Waals surface area contributed by atoms with E-state index in [9.17, 15) is 18.8 Å². The Kier molecular flexibility index (Phi) is 5.14. The van der Waals surface area contributed by atoms with E-state index in [1.54, 1.807) is 0 Å². The fraction of sp³-hybridized carbons (Fsp3) is 0.211. The molecule has 0 aliphatic heterocycles. The Bertz CT molecular complexity index is 928. The molecule has 0 bridgehead atoms. The third-order valence-electron chi connectivity index (χ3n) is 4.34. The molecule has 2 aromatic rings. The predicted octanol–water partition coefficient (Wildman–Crippen LogP) is 3.62. The zero-order valence-corrected chi connectivity index (χ0v) is 15.1. The molecule has 2 N–H and O–H groups in total. The predicted molar refractivity (Wildman–Crippen MR) is 98.1 cm³/mol.